The monoisotopic (exact) mass is 494 g/mol. The highest BCUT2D eigenvalue weighted by Crippen LogP contribution is 2.31. The van der Waals surface area contributed by atoms with E-state index in [1.165, 1.54) is 16.4 Å². The molecule has 32 heavy (non-hydrogen) atoms. The van der Waals surface area contributed by atoms with E-state index in [1.54, 1.807) is 11.6 Å². The summed E-state index contributed by atoms with van der Waals surface area (Å²) in [6.45, 7) is 9.14. The van der Waals surface area contributed by atoms with Gasteiger partial charge in [0.25, 0.3) is 0 Å². The molecular weight excluding hydrogens is 471 g/mol. The smallest absolute Gasteiger partial charge is 0.244 e. The second kappa shape index (κ2) is 8.62. The quantitative estimate of drug-likeness (QED) is 0.549. The van der Waals surface area contributed by atoms with Crippen LogP contribution < -0.4 is 4.90 Å². The van der Waals surface area contributed by atoms with Crippen molar-refractivity contribution in [1.29, 1.82) is 0 Å². The molecule has 0 aliphatic carbocycles. The Labute approximate surface area is 197 Å². The second-order valence-electron chi connectivity index (χ2n) is 7.89. The van der Waals surface area contributed by atoms with Gasteiger partial charge in [0.15, 0.2) is 5.82 Å². The van der Waals surface area contributed by atoms with E-state index < -0.39 is 10.0 Å². The van der Waals surface area contributed by atoms with E-state index in [-0.39, 0.29) is 9.92 Å². The van der Waals surface area contributed by atoms with E-state index in [4.69, 9.17) is 23.2 Å². The normalized spacial score (nSPS) is 15.4. The molecule has 4 rings (SSSR count). The van der Waals surface area contributed by atoms with Gasteiger partial charge in [-0.15, -0.1) is 0 Å². The molecule has 1 fully saturated rings. The average Bonchev–Trinajstić information content (AvgIpc) is 3.08. The van der Waals surface area contributed by atoms with Gasteiger partial charge in [-0.25, -0.2) is 23.1 Å². The van der Waals surface area contributed by atoms with Gasteiger partial charge >= 0.3 is 0 Å². The fourth-order valence-electron chi connectivity index (χ4n) is 3.79. The number of hydrogen-bond donors (Lipinski definition) is 0. The Bertz CT molecular complexity index is 1280. The zero-order valence-corrected chi connectivity index (χ0v) is 20.6. The van der Waals surface area contributed by atoms with Crippen molar-refractivity contribution in [2.24, 2.45) is 0 Å². The van der Waals surface area contributed by atoms with E-state index in [0.29, 0.717) is 48.4 Å². The molecule has 3 heterocycles. The van der Waals surface area contributed by atoms with Crippen LogP contribution in [-0.2, 0) is 10.0 Å². The minimum Gasteiger partial charge on any atom is -0.354 e. The molecule has 0 saturated carbocycles. The maximum atomic E-state index is 13.2. The number of nitrogens with zero attached hydrogens (tertiary/aromatic N) is 6. The minimum atomic E-state index is -3.73. The van der Waals surface area contributed by atoms with Gasteiger partial charge in [0.1, 0.15) is 16.5 Å². The predicted octanol–water partition coefficient (Wildman–Crippen LogP) is 3.71. The molecule has 0 unspecified atom stereocenters. The first-order valence-electron chi connectivity index (χ1n) is 10.2. The molecule has 170 valence electrons. The lowest BCUT2D eigenvalue weighted by Gasteiger charge is -2.35. The van der Waals surface area contributed by atoms with Gasteiger partial charge in [-0.3, -0.25) is 0 Å². The highest BCUT2D eigenvalue weighted by atomic mass is 35.5. The molecule has 1 saturated heterocycles. The topological polar surface area (TPSA) is 84.2 Å². The van der Waals surface area contributed by atoms with Crippen LogP contribution in [0, 0.1) is 27.7 Å². The van der Waals surface area contributed by atoms with Crippen molar-refractivity contribution in [3.63, 3.8) is 0 Å². The Morgan fingerprint density at radius 3 is 2.12 bits per heavy atom. The SMILES string of the molecule is Cc1cc(C)n(-c2cc(N3CCN(S(=O)(=O)c4cc(C)c(Cl)cc4Cl)CC3)nc(C)n2)n1. The number of sulfonamides is 1. The lowest BCUT2D eigenvalue weighted by Crippen LogP contribution is -2.49. The van der Waals surface area contributed by atoms with E-state index in [9.17, 15) is 8.42 Å². The summed E-state index contributed by atoms with van der Waals surface area (Å²) in [7, 11) is -3.73. The molecule has 2 aromatic heterocycles. The molecule has 11 heteroatoms. The fraction of sp³-hybridized carbons (Fsp3) is 0.381. The van der Waals surface area contributed by atoms with Gasteiger partial charge < -0.3 is 4.90 Å². The van der Waals surface area contributed by atoms with Crippen molar-refractivity contribution in [3.8, 4) is 5.82 Å². The number of aryl methyl sites for hydroxylation is 4. The third-order valence-electron chi connectivity index (χ3n) is 5.43. The van der Waals surface area contributed by atoms with Crippen LogP contribution in [0.3, 0.4) is 0 Å². The largest absolute Gasteiger partial charge is 0.354 e. The maximum Gasteiger partial charge on any atom is 0.244 e. The molecule has 8 nitrogen and oxygen atoms in total. The zero-order chi connectivity index (χ0) is 23.2. The molecule has 0 bridgehead atoms. The van der Waals surface area contributed by atoms with Crippen LogP contribution in [0.4, 0.5) is 5.82 Å². The first-order valence-corrected chi connectivity index (χ1v) is 12.4. The molecule has 0 N–H and O–H groups in total. The van der Waals surface area contributed by atoms with Crippen LogP contribution in [0.25, 0.3) is 5.82 Å². The third-order valence-corrected chi connectivity index (χ3v) is 8.20. The lowest BCUT2D eigenvalue weighted by atomic mass is 10.2. The van der Waals surface area contributed by atoms with Gasteiger partial charge in [-0.1, -0.05) is 23.2 Å². The maximum absolute atomic E-state index is 13.2. The second-order valence-corrected chi connectivity index (χ2v) is 10.6. The Balaban J connectivity index is 1.55. The molecule has 0 atom stereocenters. The van der Waals surface area contributed by atoms with Crippen LogP contribution in [0.5, 0.6) is 0 Å². The first kappa shape index (κ1) is 23.0. The number of piperazine rings is 1. The Kier molecular flexibility index (Phi) is 6.19. The van der Waals surface area contributed by atoms with Crippen molar-refractivity contribution >= 4 is 39.0 Å². The number of anilines is 1. The molecule has 0 amide bonds. The molecule has 0 radical (unpaired) electrons. The van der Waals surface area contributed by atoms with Crippen molar-refractivity contribution < 1.29 is 8.42 Å². The van der Waals surface area contributed by atoms with Crippen LogP contribution >= 0.6 is 23.2 Å². The van der Waals surface area contributed by atoms with Crippen molar-refractivity contribution in [1.82, 2.24) is 24.1 Å². The zero-order valence-electron chi connectivity index (χ0n) is 18.3. The van der Waals surface area contributed by atoms with Gasteiger partial charge in [-0.05, 0) is 51.5 Å². The summed E-state index contributed by atoms with van der Waals surface area (Å²) >= 11 is 12.3. The summed E-state index contributed by atoms with van der Waals surface area (Å²) in [5.74, 6) is 2.07. The Morgan fingerprint density at radius 2 is 1.50 bits per heavy atom. The highest BCUT2D eigenvalue weighted by Gasteiger charge is 2.31. The summed E-state index contributed by atoms with van der Waals surface area (Å²) in [5.41, 5.74) is 2.56. The average molecular weight is 495 g/mol. The fourth-order valence-corrected chi connectivity index (χ4v) is 6.02. The number of aromatic nitrogens is 4. The first-order chi connectivity index (χ1) is 15.1. The molecular formula is C21H24Cl2N6O2S. The summed E-state index contributed by atoms with van der Waals surface area (Å²) in [5, 5.41) is 5.08. The summed E-state index contributed by atoms with van der Waals surface area (Å²) in [6, 6.07) is 6.88. The Morgan fingerprint density at radius 1 is 0.844 bits per heavy atom. The van der Waals surface area contributed by atoms with E-state index in [2.05, 4.69) is 20.0 Å². The van der Waals surface area contributed by atoms with Crippen molar-refractivity contribution in [2.45, 2.75) is 32.6 Å². The van der Waals surface area contributed by atoms with Crippen LogP contribution in [0.1, 0.15) is 22.8 Å². The van der Waals surface area contributed by atoms with Gasteiger partial charge in [0, 0.05) is 43.0 Å². The van der Waals surface area contributed by atoms with Crippen LogP contribution in [0.2, 0.25) is 10.0 Å². The molecule has 1 aliphatic heterocycles. The highest BCUT2D eigenvalue weighted by molar-refractivity contribution is 7.89. The van der Waals surface area contributed by atoms with Crippen molar-refractivity contribution in [2.75, 3.05) is 31.1 Å². The van der Waals surface area contributed by atoms with Crippen molar-refractivity contribution in [3.05, 3.63) is 57.1 Å². The molecule has 3 aromatic rings. The number of halogens is 2. The predicted molar refractivity (Wildman–Crippen MR) is 126 cm³/mol. The van der Waals surface area contributed by atoms with Gasteiger partial charge in [-0.2, -0.15) is 9.40 Å². The summed E-state index contributed by atoms with van der Waals surface area (Å²) < 4.78 is 29.6. The minimum absolute atomic E-state index is 0.0826. The van der Waals surface area contributed by atoms with Crippen LogP contribution in [0.15, 0.2) is 29.2 Å². The summed E-state index contributed by atoms with van der Waals surface area (Å²) in [4.78, 5) is 11.2. The van der Waals surface area contributed by atoms with E-state index >= 15 is 0 Å². The number of rotatable bonds is 4. The standard InChI is InChI=1S/C21H24Cl2N6O2S/c1-13-9-19(18(23)11-17(13)22)32(30,31)28-7-5-27(6-8-28)20-12-21(25-16(4)24-20)29-15(3)10-14(2)26-29/h9-12H,5-8H2,1-4H3. The Hall–Kier alpha value is -2.20. The van der Waals surface area contributed by atoms with E-state index in [0.717, 1.165) is 17.2 Å². The molecule has 1 aromatic carbocycles. The lowest BCUT2D eigenvalue weighted by molar-refractivity contribution is 0.383. The third kappa shape index (κ3) is 4.34. The summed E-state index contributed by atoms with van der Waals surface area (Å²) in [6.07, 6.45) is 0. The number of benzene rings is 1. The number of hydrogen-bond acceptors (Lipinski definition) is 6. The molecule has 1 aliphatic rings. The van der Waals surface area contributed by atoms with Crippen LogP contribution in [-0.4, -0.2) is 58.7 Å². The van der Waals surface area contributed by atoms with E-state index in [1.807, 2.05) is 32.9 Å². The van der Waals surface area contributed by atoms with Gasteiger partial charge in [0.05, 0.1) is 10.7 Å². The van der Waals surface area contributed by atoms with Gasteiger partial charge in [0.2, 0.25) is 10.0 Å². The molecule has 0 spiro atoms.